The summed E-state index contributed by atoms with van der Waals surface area (Å²) in [6.07, 6.45) is -0.113. The quantitative estimate of drug-likeness (QED) is 0.396. The molecule has 0 aliphatic heterocycles. The lowest BCUT2D eigenvalue weighted by Gasteiger charge is -2.38. The number of halogens is 5. The van der Waals surface area contributed by atoms with Crippen LogP contribution in [0.2, 0.25) is 0 Å². The van der Waals surface area contributed by atoms with E-state index in [2.05, 4.69) is 15.9 Å². The molecule has 2 aromatic carbocycles. The standard InChI is InChI=1S/C21H22BrF4NO/c1-5-17(28)21(11-12(2)27(3)4,13-6-8-14(22)9-7-13)18-19(25)15(23)10-16(24)20(18)26/h6-10,12H,5,11H2,1-4H3/t12-,21-/m0/s1. The molecule has 0 aliphatic carbocycles. The average molecular weight is 460 g/mol. The van der Waals surface area contributed by atoms with Crippen molar-refractivity contribution in [2.75, 3.05) is 14.1 Å². The molecule has 152 valence electrons. The zero-order valence-electron chi connectivity index (χ0n) is 16.1. The molecule has 2 nitrogen and oxygen atoms in total. The Labute approximate surface area is 170 Å². The molecule has 2 atom stereocenters. The topological polar surface area (TPSA) is 20.3 Å². The Morgan fingerprint density at radius 2 is 1.57 bits per heavy atom. The highest BCUT2D eigenvalue weighted by molar-refractivity contribution is 9.10. The van der Waals surface area contributed by atoms with Crippen LogP contribution in [0.3, 0.4) is 0 Å². The van der Waals surface area contributed by atoms with Crippen molar-refractivity contribution in [1.29, 1.82) is 0 Å². The Balaban J connectivity index is 2.96. The van der Waals surface area contributed by atoms with Gasteiger partial charge in [0.15, 0.2) is 23.3 Å². The second-order valence-electron chi connectivity index (χ2n) is 7.05. The molecular formula is C21H22BrF4NO. The van der Waals surface area contributed by atoms with Crippen LogP contribution in [0.25, 0.3) is 0 Å². The third-order valence-electron chi connectivity index (χ3n) is 5.16. The van der Waals surface area contributed by atoms with E-state index in [-0.39, 0.29) is 30.5 Å². The molecule has 0 aliphatic rings. The van der Waals surface area contributed by atoms with Crippen LogP contribution in [0.1, 0.15) is 37.8 Å². The summed E-state index contributed by atoms with van der Waals surface area (Å²) in [7, 11) is 3.51. The lowest BCUT2D eigenvalue weighted by molar-refractivity contribution is -0.123. The van der Waals surface area contributed by atoms with Crippen LogP contribution in [-0.2, 0) is 10.2 Å². The molecule has 2 aromatic rings. The van der Waals surface area contributed by atoms with E-state index < -0.39 is 40.0 Å². The molecule has 7 heteroatoms. The number of hydrogen-bond acceptors (Lipinski definition) is 2. The Kier molecular flexibility index (Phi) is 7.04. The predicted molar refractivity (Wildman–Crippen MR) is 104 cm³/mol. The minimum atomic E-state index is -1.88. The molecule has 0 bridgehead atoms. The van der Waals surface area contributed by atoms with Crippen molar-refractivity contribution in [2.24, 2.45) is 0 Å². The maximum absolute atomic E-state index is 14.9. The predicted octanol–water partition coefficient (Wildman–Crippen LogP) is 5.61. The number of carbonyl (C=O) groups is 1. The number of hydrogen-bond donors (Lipinski definition) is 0. The molecule has 0 saturated carbocycles. The highest BCUT2D eigenvalue weighted by Crippen LogP contribution is 2.43. The van der Waals surface area contributed by atoms with Gasteiger partial charge in [0.05, 0.1) is 5.41 Å². The van der Waals surface area contributed by atoms with Crippen molar-refractivity contribution < 1.29 is 22.4 Å². The molecule has 0 spiro atoms. The van der Waals surface area contributed by atoms with Gasteiger partial charge in [-0.25, -0.2) is 17.6 Å². The molecule has 2 rings (SSSR count). The number of carbonyl (C=O) groups excluding carboxylic acids is 1. The van der Waals surface area contributed by atoms with E-state index >= 15 is 0 Å². The number of benzene rings is 2. The summed E-state index contributed by atoms with van der Waals surface area (Å²) in [5, 5.41) is 0. The van der Waals surface area contributed by atoms with E-state index in [9.17, 15) is 22.4 Å². The van der Waals surface area contributed by atoms with Crippen LogP contribution < -0.4 is 0 Å². The van der Waals surface area contributed by atoms with Gasteiger partial charge in [0.25, 0.3) is 0 Å². The van der Waals surface area contributed by atoms with Gasteiger partial charge in [-0.2, -0.15) is 0 Å². The number of ketones is 1. The first kappa shape index (κ1) is 22.6. The monoisotopic (exact) mass is 459 g/mol. The van der Waals surface area contributed by atoms with Crippen LogP contribution in [0.15, 0.2) is 34.8 Å². The molecule has 0 radical (unpaired) electrons. The van der Waals surface area contributed by atoms with E-state index in [1.807, 2.05) is 0 Å². The third kappa shape index (κ3) is 4.01. The molecule has 0 N–H and O–H groups in total. The van der Waals surface area contributed by atoms with Gasteiger partial charge < -0.3 is 4.90 Å². The zero-order chi connectivity index (χ0) is 21.2. The fourth-order valence-corrected chi connectivity index (χ4v) is 3.65. The fraction of sp³-hybridized carbons (Fsp3) is 0.381. The van der Waals surface area contributed by atoms with Gasteiger partial charge in [0.2, 0.25) is 0 Å². The highest BCUT2D eigenvalue weighted by Gasteiger charge is 2.47. The SMILES string of the molecule is CCC(=O)[C@](C[C@H](C)N(C)C)(c1ccc(Br)cc1)c1c(F)c(F)cc(F)c1F. The minimum absolute atomic E-state index is 0.0506. The van der Waals surface area contributed by atoms with Gasteiger partial charge in [-0.05, 0) is 45.1 Å². The van der Waals surface area contributed by atoms with Crippen molar-refractivity contribution >= 4 is 21.7 Å². The van der Waals surface area contributed by atoms with Crippen LogP contribution in [0.4, 0.5) is 17.6 Å². The molecule has 0 fully saturated rings. The highest BCUT2D eigenvalue weighted by atomic mass is 79.9. The maximum Gasteiger partial charge on any atom is 0.166 e. The van der Waals surface area contributed by atoms with Crippen LogP contribution in [0, 0.1) is 23.3 Å². The normalized spacial score (nSPS) is 14.8. The van der Waals surface area contributed by atoms with E-state index in [0.717, 1.165) is 0 Å². The van der Waals surface area contributed by atoms with Gasteiger partial charge in [-0.3, -0.25) is 4.79 Å². The first-order valence-electron chi connectivity index (χ1n) is 8.85. The molecule has 0 aromatic heterocycles. The van der Waals surface area contributed by atoms with Gasteiger partial charge in [0.1, 0.15) is 5.78 Å². The van der Waals surface area contributed by atoms with Crippen LogP contribution in [0.5, 0.6) is 0 Å². The number of nitrogens with zero attached hydrogens (tertiary/aromatic N) is 1. The smallest absolute Gasteiger partial charge is 0.166 e. The number of Topliss-reactive ketones (excluding diaryl/α,β-unsaturated/α-hetero) is 1. The van der Waals surface area contributed by atoms with E-state index in [1.54, 1.807) is 57.1 Å². The zero-order valence-corrected chi connectivity index (χ0v) is 17.7. The van der Waals surface area contributed by atoms with Gasteiger partial charge >= 0.3 is 0 Å². The van der Waals surface area contributed by atoms with Crippen molar-refractivity contribution in [2.45, 2.75) is 38.1 Å². The van der Waals surface area contributed by atoms with Crippen molar-refractivity contribution in [1.82, 2.24) is 4.90 Å². The summed E-state index contributed by atoms with van der Waals surface area (Å²) in [4.78, 5) is 15.0. The van der Waals surface area contributed by atoms with Crippen LogP contribution in [-0.4, -0.2) is 30.8 Å². The van der Waals surface area contributed by atoms with Crippen molar-refractivity contribution in [3.8, 4) is 0 Å². The summed E-state index contributed by atoms with van der Waals surface area (Å²) in [5.41, 5.74) is -2.48. The molecular weight excluding hydrogens is 438 g/mol. The Morgan fingerprint density at radius 3 is 2.00 bits per heavy atom. The van der Waals surface area contributed by atoms with Crippen LogP contribution >= 0.6 is 15.9 Å². The van der Waals surface area contributed by atoms with Gasteiger partial charge in [-0.15, -0.1) is 0 Å². The maximum atomic E-state index is 14.9. The molecule has 28 heavy (non-hydrogen) atoms. The van der Waals surface area contributed by atoms with E-state index in [4.69, 9.17) is 0 Å². The molecule has 0 saturated heterocycles. The average Bonchev–Trinajstić information content (AvgIpc) is 2.65. The summed E-state index contributed by atoms with van der Waals surface area (Å²) in [5.74, 6) is -6.68. The van der Waals surface area contributed by atoms with Gasteiger partial charge in [-0.1, -0.05) is 35.0 Å². The summed E-state index contributed by atoms with van der Waals surface area (Å²) < 4.78 is 58.6. The summed E-state index contributed by atoms with van der Waals surface area (Å²) in [6.45, 7) is 3.34. The molecule has 0 unspecified atom stereocenters. The molecule has 0 heterocycles. The third-order valence-corrected chi connectivity index (χ3v) is 5.68. The lowest BCUT2D eigenvalue weighted by Crippen LogP contribution is -2.44. The largest absolute Gasteiger partial charge is 0.307 e. The first-order chi connectivity index (χ1) is 13.1. The second-order valence-corrected chi connectivity index (χ2v) is 7.96. The second kappa shape index (κ2) is 8.74. The Morgan fingerprint density at radius 1 is 1.07 bits per heavy atom. The Hall–Kier alpha value is -1.73. The summed E-state index contributed by atoms with van der Waals surface area (Å²) >= 11 is 3.29. The van der Waals surface area contributed by atoms with Crippen molar-refractivity contribution in [3.63, 3.8) is 0 Å². The van der Waals surface area contributed by atoms with E-state index in [1.165, 1.54) is 0 Å². The Bertz CT molecular complexity index is 843. The minimum Gasteiger partial charge on any atom is -0.307 e. The molecule has 0 amide bonds. The lowest BCUT2D eigenvalue weighted by atomic mass is 9.66. The van der Waals surface area contributed by atoms with E-state index in [0.29, 0.717) is 4.47 Å². The first-order valence-corrected chi connectivity index (χ1v) is 9.64. The van der Waals surface area contributed by atoms with Gasteiger partial charge in [0, 0.05) is 28.6 Å². The van der Waals surface area contributed by atoms with Crippen molar-refractivity contribution in [3.05, 3.63) is 69.2 Å². The summed E-state index contributed by atoms with van der Waals surface area (Å²) in [6, 6.07) is 6.18. The number of rotatable bonds is 7. The fourth-order valence-electron chi connectivity index (χ4n) is 3.39.